The third kappa shape index (κ3) is 2.76. The summed E-state index contributed by atoms with van der Waals surface area (Å²) in [4.78, 5) is 0. The van der Waals surface area contributed by atoms with Gasteiger partial charge in [0.2, 0.25) is 0 Å². The molecule has 12 heavy (non-hydrogen) atoms. The fourth-order valence-corrected chi connectivity index (χ4v) is 1.29. The van der Waals surface area contributed by atoms with Crippen molar-refractivity contribution in [2.45, 2.75) is 51.7 Å². The summed E-state index contributed by atoms with van der Waals surface area (Å²) in [6.45, 7) is 6.82. The third-order valence-electron chi connectivity index (χ3n) is 3.00. The van der Waals surface area contributed by atoms with Gasteiger partial charge in [-0.3, -0.25) is 0 Å². The summed E-state index contributed by atoms with van der Waals surface area (Å²) >= 11 is 0. The predicted molar refractivity (Wildman–Crippen MR) is 51.1 cm³/mol. The van der Waals surface area contributed by atoms with E-state index < -0.39 is 5.60 Å². The molecule has 0 aromatic rings. The van der Waals surface area contributed by atoms with E-state index in [1.165, 1.54) is 19.3 Å². The normalized spacial score (nSPS) is 22.0. The minimum absolute atomic E-state index is 0.193. The molecule has 0 aromatic heterocycles. The average Bonchev–Trinajstić information content (AvgIpc) is 1.81. The van der Waals surface area contributed by atoms with Crippen molar-refractivity contribution in [1.29, 1.82) is 0 Å². The number of rotatable bonds is 4. The van der Waals surface area contributed by atoms with Gasteiger partial charge in [0.1, 0.15) is 0 Å². The first-order valence-corrected chi connectivity index (χ1v) is 4.96. The maximum absolute atomic E-state index is 9.63. The van der Waals surface area contributed by atoms with Gasteiger partial charge in [-0.15, -0.1) is 0 Å². The lowest BCUT2D eigenvalue weighted by Crippen LogP contribution is -2.46. The fraction of sp³-hybridized carbons (Fsp3) is 1.00. The molecule has 0 spiro atoms. The van der Waals surface area contributed by atoms with Gasteiger partial charge in [0.25, 0.3) is 0 Å². The maximum Gasteiger partial charge on any atom is 0.0741 e. The third-order valence-corrected chi connectivity index (χ3v) is 3.00. The van der Waals surface area contributed by atoms with Crippen LogP contribution in [0.3, 0.4) is 0 Å². The fourth-order valence-electron chi connectivity index (χ4n) is 1.29. The van der Waals surface area contributed by atoms with Gasteiger partial charge >= 0.3 is 0 Å². The summed E-state index contributed by atoms with van der Waals surface area (Å²) in [6, 6.07) is 0.193. The van der Waals surface area contributed by atoms with Crippen LogP contribution in [0.2, 0.25) is 0 Å². The molecular formula is C10H21NO. The number of nitrogens with one attached hydrogen (secondary N) is 1. The van der Waals surface area contributed by atoms with Gasteiger partial charge < -0.3 is 10.4 Å². The summed E-state index contributed by atoms with van der Waals surface area (Å²) in [5, 5.41) is 13.0. The number of aliphatic hydroxyl groups is 1. The molecule has 0 aromatic carbocycles. The predicted octanol–water partition coefficient (Wildman–Crippen LogP) is 1.54. The smallest absolute Gasteiger partial charge is 0.0741 e. The molecule has 2 heteroatoms. The van der Waals surface area contributed by atoms with Crippen molar-refractivity contribution >= 4 is 0 Å². The topological polar surface area (TPSA) is 32.3 Å². The van der Waals surface area contributed by atoms with E-state index in [1.807, 2.05) is 20.8 Å². The Hall–Kier alpha value is -0.0800. The van der Waals surface area contributed by atoms with Crippen molar-refractivity contribution in [2.24, 2.45) is 5.92 Å². The molecule has 1 saturated carbocycles. The average molecular weight is 171 g/mol. The first-order valence-electron chi connectivity index (χ1n) is 4.96. The molecule has 1 atom stereocenters. The quantitative estimate of drug-likeness (QED) is 0.672. The molecule has 2 N–H and O–H groups in total. The number of hydrogen-bond donors (Lipinski definition) is 2. The first kappa shape index (κ1) is 10.0. The molecule has 1 aliphatic rings. The van der Waals surface area contributed by atoms with E-state index in [4.69, 9.17) is 0 Å². The van der Waals surface area contributed by atoms with Crippen LogP contribution < -0.4 is 5.32 Å². The van der Waals surface area contributed by atoms with Gasteiger partial charge in [-0.1, -0.05) is 6.42 Å². The Morgan fingerprint density at radius 3 is 2.42 bits per heavy atom. The van der Waals surface area contributed by atoms with Gasteiger partial charge in [-0.05, 0) is 46.1 Å². The van der Waals surface area contributed by atoms with E-state index in [0.29, 0.717) is 0 Å². The SMILES string of the molecule is CC(NCC1CCC1)C(C)(C)O. The molecule has 0 radical (unpaired) electrons. The van der Waals surface area contributed by atoms with E-state index in [9.17, 15) is 5.11 Å². The number of hydrogen-bond acceptors (Lipinski definition) is 2. The summed E-state index contributed by atoms with van der Waals surface area (Å²) in [6.07, 6.45) is 4.13. The van der Waals surface area contributed by atoms with Gasteiger partial charge in [0.15, 0.2) is 0 Å². The zero-order valence-electron chi connectivity index (χ0n) is 8.43. The van der Waals surface area contributed by atoms with Gasteiger partial charge in [-0.25, -0.2) is 0 Å². The Morgan fingerprint density at radius 2 is 2.08 bits per heavy atom. The lowest BCUT2D eigenvalue weighted by molar-refractivity contribution is 0.0413. The lowest BCUT2D eigenvalue weighted by Gasteiger charge is -2.31. The zero-order valence-corrected chi connectivity index (χ0v) is 8.43. The van der Waals surface area contributed by atoms with Crippen molar-refractivity contribution in [1.82, 2.24) is 5.32 Å². The Bertz CT molecular complexity index is 135. The van der Waals surface area contributed by atoms with Crippen LogP contribution in [0.25, 0.3) is 0 Å². The summed E-state index contributed by atoms with van der Waals surface area (Å²) < 4.78 is 0. The highest BCUT2D eigenvalue weighted by molar-refractivity contribution is 4.81. The van der Waals surface area contributed by atoms with Crippen LogP contribution in [-0.4, -0.2) is 23.3 Å². The second-order valence-corrected chi connectivity index (χ2v) is 4.58. The van der Waals surface area contributed by atoms with Gasteiger partial charge in [0.05, 0.1) is 5.60 Å². The molecule has 0 heterocycles. The molecule has 1 fully saturated rings. The van der Waals surface area contributed by atoms with Crippen molar-refractivity contribution in [3.05, 3.63) is 0 Å². The van der Waals surface area contributed by atoms with E-state index in [-0.39, 0.29) is 6.04 Å². The lowest BCUT2D eigenvalue weighted by atomic mass is 9.85. The molecule has 1 aliphatic carbocycles. The molecule has 0 aliphatic heterocycles. The Balaban J connectivity index is 2.13. The van der Waals surface area contributed by atoms with E-state index in [2.05, 4.69) is 5.32 Å². The van der Waals surface area contributed by atoms with Gasteiger partial charge in [0, 0.05) is 6.04 Å². The molecule has 2 nitrogen and oxygen atoms in total. The Kier molecular flexibility index (Phi) is 3.13. The zero-order chi connectivity index (χ0) is 9.19. The van der Waals surface area contributed by atoms with Crippen LogP contribution in [0.5, 0.6) is 0 Å². The molecule has 0 saturated heterocycles. The Labute approximate surface area is 75.4 Å². The first-order chi connectivity index (χ1) is 5.50. The standard InChI is InChI=1S/C10H21NO/c1-8(10(2,3)12)11-7-9-5-4-6-9/h8-9,11-12H,4-7H2,1-3H3. The van der Waals surface area contributed by atoms with Gasteiger partial charge in [-0.2, -0.15) is 0 Å². The highest BCUT2D eigenvalue weighted by atomic mass is 16.3. The maximum atomic E-state index is 9.63. The van der Waals surface area contributed by atoms with Crippen LogP contribution in [0.1, 0.15) is 40.0 Å². The minimum Gasteiger partial charge on any atom is -0.389 e. The van der Waals surface area contributed by atoms with Crippen molar-refractivity contribution < 1.29 is 5.11 Å². The minimum atomic E-state index is -0.594. The van der Waals surface area contributed by atoms with Crippen molar-refractivity contribution in [3.63, 3.8) is 0 Å². The monoisotopic (exact) mass is 171 g/mol. The summed E-state index contributed by atoms with van der Waals surface area (Å²) in [5.41, 5.74) is -0.594. The van der Waals surface area contributed by atoms with Crippen LogP contribution in [0, 0.1) is 5.92 Å². The highest BCUT2D eigenvalue weighted by Crippen LogP contribution is 2.25. The molecule has 1 unspecified atom stereocenters. The van der Waals surface area contributed by atoms with Crippen LogP contribution in [-0.2, 0) is 0 Å². The molecule has 0 amide bonds. The summed E-state index contributed by atoms with van der Waals surface area (Å²) in [5.74, 6) is 0.870. The van der Waals surface area contributed by atoms with Crippen molar-refractivity contribution in [2.75, 3.05) is 6.54 Å². The van der Waals surface area contributed by atoms with E-state index in [1.54, 1.807) is 0 Å². The van der Waals surface area contributed by atoms with Crippen molar-refractivity contribution in [3.8, 4) is 0 Å². The van der Waals surface area contributed by atoms with Crippen LogP contribution in [0.4, 0.5) is 0 Å². The van der Waals surface area contributed by atoms with Crippen LogP contribution >= 0.6 is 0 Å². The molecule has 0 bridgehead atoms. The highest BCUT2D eigenvalue weighted by Gasteiger charge is 2.24. The van der Waals surface area contributed by atoms with E-state index in [0.717, 1.165) is 12.5 Å². The second kappa shape index (κ2) is 3.75. The molecule has 1 rings (SSSR count). The van der Waals surface area contributed by atoms with Crippen LogP contribution in [0.15, 0.2) is 0 Å². The molecule has 72 valence electrons. The Morgan fingerprint density at radius 1 is 1.50 bits per heavy atom. The second-order valence-electron chi connectivity index (χ2n) is 4.58. The largest absolute Gasteiger partial charge is 0.389 e. The van der Waals surface area contributed by atoms with E-state index >= 15 is 0 Å². The molecular weight excluding hydrogens is 150 g/mol. The summed E-state index contributed by atoms with van der Waals surface area (Å²) in [7, 11) is 0.